The molecular formula is C11H12. The van der Waals surface area contributed by atoms with Crippen LogP contribution in [0.1, 0.15) is 5.56 Å². The summed E-state index contributed by atoms with van der Waals surface area (Å²) in [6, 6.07) is 10.3. The molecule has 56 valence electrons. The molecule has 0 aliphatic heterocycles. The lowest BCUT2D eigenvalue weighted by Crippen LogP contribution is -1.84. The number of hydrogen-bond acceptors (Lipinski definition) is 0. The summed E-state index contributed by atoms with van der Waals surface area (Å²) in [6.45, 7) is 7.51. The van der Waals surface area contributed by atoms with Crippen LogP contribution in [0.15, 0.2) is 55.1 Å². The van der Waals surface area contributed by atoms with Crippen molar-refractivity contribution in [1.82, 2.24) is 0 Å². The van der Waals surface area contributed by atoms with Crippen LogP contribution in [0, 0.1) is 0 Å². The predicted molar refractivity (Wildman–Crippen MR) is 49.5 cm³/mol. The molecule has 1 rings (SSSR count). The Hall–Kier alpha value is -1.30. The molecule has 0 atom stereocenters. The molecule has 0 radical (unpaired) electrons. The van der Waals surface area contributed by atoms with Gasteiger partial charge < -0.3 is 0 Å². The van der Waals surface area contributed by atoms with Crippen molar-refractivity contribution in [3.63, 3.8) is 0 Å². The molecule has 0 saturated heterocycles. The van der Waals surface area contributed by atoms with Gasteiger partial charge in [0.2, 0.25) is 0 Å². The van der Waals surface area contributed by atoms with E-state index in [0.29, 0.717) is 0 Å². The second-order valence-corrected chi connectivity index (χ2v) is 2.52. The molecule has 0 N–H and O–H groups in total. The van der Waals surface area contributed by atoms with E-state index in [1.807, 2.05) is 18.2 Å². The lowest BCUT2D eigenvalue weighted by Gasteiger charge is -1.98. The van der Waals surface area contributed by atoms with E-state index in [-0.39, 0.29) is 0 Å². The van der Waals surface area contributed by atoms with Crippen molar-refractivity contribution in [2.75, 3.05) is 0 Å². The Bertz CT molecular complexity index is 244. The van der Waals surface area contributed by atoms with E-state index in [1.165, 1.54) is 5.56 Å². The van der Waals surface area contributed by atoms with Gasteiger partial charge in [0.1, 0.15) is 0 Å². The second kappa shape index (κ2) is 3.77. The summed E-state index contributed by atoms with van der Waals surface area (Å²) < 4.78 is 0. The van der Waals surface area contributed by atoms with Crippen LogP contribution >= 0.6 is 0 Å². The number of hydrogen-bond donors (Lipinski definition) is 0. The highest BCUT2D eigenvalue weighted by molar-refractivity contribution is 5.24. The van der Waals surface area contributed by atoms with Crippen LogP contribution in [0.2, 0.25) is 0 Å². The fourth-order valence-electron chi connectivity index (χ4n) is 0.930. The molecule has 0 nitrogen and oxygen atoms in total. The van der Waals surface area contributed by atoms with Gasteiger partial charge in [-0.2, -0.15) is 0 Å². The summed E-state index contributed by atoms with van der Waals surface area (Å²) in [7, 11) is 0. The highest BCUT2D eigenvalue weighted by atomic mass is 14.0. The summed E-state index contributed by atoms with van der Waals surface area (Å²) in [4.78, 5) is 0. The molecule has 0 heterocycles. The summed E-state index contributed by atoms with van der Waals surface area (Å²) in [5.41, 5.74) is 2.36. The molecule has 0 aliphatic carbocycles. The molecule has 0 aromatic heterocycles. The van der Waals surface area contributed by atoms with Gasteiger partial charge in [0.15, 0.2) is 0 Å². The SMILES string of the molecule is C=CC(=C)Cc1ccccc1. The average Bonchev–Trinajstić information content (AvgIpc) is 2.06. The van der Waals surface area contributed by atoms with Crippen LogP contribution in [0.4, 0.5) is 0 Å². The maximum Gasteiger partial charge on any atom is -0.00319 e. The molecule has 0 bridgehead atoms. The largest absolute Gasteiger partial charge is 0.0988 e. The van der Waals surface area contributed by atoms with Gasteiger partial charge in [-0.15, -0.1) is 0 Å². The van der Waals surface area contributed by atoms with Gasteiger partial charge in [0, 0.05) is 0 Å². The van der Waals surface area contributed by atoms with Gasteiger partial charge in [-0.25, -0.2) is 0 Å². The van der Waals surface area contributed by atoms with Crippen molar-refractivity contribution in [2.45, 2.75) is 6.42 Å². The molecule has 0 amide bonds. The van der Waals surface area contributed by atoms with Crippen LogP contribution < -0.4 is 0 Å². The predicted octanol–water partition coefficient (Wildman–Crippen LogP) is 2.97. The molecule has 0 saturated carbocycles. The Morgan fingerprint density at radius 1 is 1.27 bits per heavy atom. The van der Waals surface area contributed by atoms with Crippen LogP contribution in [-0.4, -0.2) is 0 Å². The molecule has 0 heteroatoms. The summed E-state index contributed by atoms with van der Waals surface area (Å²) >= 11 is 0. The first kappa shape index (κ1) is 7.80. The van der Waals surface area contributed by atoms with Crippen LogP contribution in [-0.2, 0) is 6.42 Å². The van der Waals surface area contributed by atoms with E-state index >= 15 is 0 Å². The molecule has 0 spiro atoms. The minimum absolute atomic E-state index is 0.907. The molecule has 11 heavy (non-hydrogen) atoms. The lowest BCUT2D eigenvalue weighted by atomic mass is 10.1. The third-order valence-corrected chi connectivity index (χ3v) is 1.56. The van der Waals surface area contributed by atoms with Gasteiger partial charge in [-0.3, -0.25) is 0 Å². The van der Waals surface area contributed by atoms with E-state index < -0.39 is 0 Å². The maximum absolute atomic E-state index is 3.85. The smallest absolute Gasteiger partial charge is 0.00319 e. The zero-order valence-corrected chi connectivity index (χ0v) is 6.59. The first-order chi connectivity index (χ1) is 5.33. The van der Waals surface area contributed by atoms with Crippen molar-refractivity contribution >= 4 is 0 Å². The molecular weight excluding hydrogens is 132 g/mol. The maximum atomic E-state index is 3.85. The van der Waals surface area contributed by atoms with Crippen molar-refractivity contribution in [1.29, 1.82) is 0 Å². The first-order valence-corrected chi connectivity index (χ1v) is 3.67. The second-order valence-electron chi connectivity index (χ2n) is 2.52. The van der Waals surface area contributed by atoms with Gasteiger partial charge in [0.25, 0.3) is 0 Å². The quantitative estimate of drug-likeness (QED) is 0.572. The average molecular weight is 144 g/mol. The van der Waals surface area contributed by atoms with Crippen LogP contribution in [0.25, 0.3) is 0 Å². The van der Waals surface area contributed by atoms with E-state index in [2.05, 4.69) is 25.3 Å². The first-order valence-electron chi connectivity index (χ1n) is 3.67. The fourth-order valence-corrected chi connectivity index (χ4v) is 0.930. The Kier molecular flexibility index (Phi) is 2.67. The van der Waals surface area contributed by atoms with E-state index in [0.717, 1.165) is 12.0 Å². The third-order valence-electron chi connectivity index (χ3n) is 1.56. The topological polar surface area (TPSA) is 0 Å². The molecule has 0 unspecified atom stereocenters. The van der Waals surface area contributed by atoms with E-state index in [4.69, 9.17) is 0 Å². The van der Waals surface area contributed by atoms with Gasteiger partial charge in [0.05, 0.1) is 0 Å². The van der Waals surface area contributed by atoms with E-state index in [1.54, 1.807) is 6.08 Å². The fraction of sp³-hybridized carbons (Fsp3) is 0.0909. The van der Waals surface area contributed by atoms with Crippen LogP contribution in [0.3, 0.4) is 0 Å². The molecule has 0 fully saturated rings. The minimum atomic E-state index is 0.907. The number of benzene rings is 1. The molecule has 1 aromatic rings. The Morgan fingerprint density at radius 2 is 1.91 bits per heavy atom. The summed E-state index contributed by atoms with van der Waals surface area (Å²) in [6.07, 6.45) is 2.71. The lowest BCUT2D eigenvalue weighted by molar-refractivity contribution is 1.21. The molecule has 1 aromatic carbocycles. The van der Waals surface area contributed by atoms with Gasteiger partial charge in [-0.05, 0) is 12.0 Å². The van der Waals surface area contributed by atoms with Crippen molar-refractivity contribution in [3.8, 4) is 0 Å². The highest BCUT2D eigenvalue weighted by Gasteiger charge is 1.90. The van der Waals surface area contributed by atoms with E-state index in [9.17, 15) is 0 Å². The zero-order chi connectivity index (χ0) is 8.10. The number of allylic oxidation sites excluding steroid dienone is 2. The summed E-state index contributed by atoms with van der Waals surface area (Å²) in [5, 5.41) is 0. The number of rotatable bonds is 3. The normalized spacial score (nSPS) is 9.09. The molecule has 0 aliphatic rings. The summed E-state index contributed by atoms with van der Waals surface area (Å²) in [5.74, 6) is 0. The van der Waals surface area contributed by atoms with Crippen molar-refractivity contribution in [3.05, 3.63) is 60.7 Å². The Morgan fingerprint density at radius 3 is 2.45 bits per heavy atom. The van der Waals surface area contributed by atoms with Crippen molar-refractivity contribution < 1.29 is 0 Å². The van der Waals surface area contributed by atoms with Gasteiger partial charge >= 0.3 is 0 Å². The Balaban J connectivity index is 2.65. The van der Waals surface area contributed by atoms with Crippen LogP contribution in [0.5, 0.6) is 0 Å². The van der Waals surface area contributed by atoms with Gasteiger partial charge in [-0.1, -0.05) is 55.1 Å². The zero-order valence-electron chi connectivity index (χ0n) is 6.59. The Labute approximate surface area is 67.9 Å². The monoisotopic (exact) mass is 144 g/mol. The highest BCUT2D eigenvalue weighted by Crippen LogP contribution is 2.05. The minimum Gasteiger partial charge on any atom is -0.0988 e. The van der Waals surface area contributed by atoms with Crippen molar-refractivity contribution in [2.24, 2.45) is 0 Å². The standard InChI is InChI=1S/C11H12/c1-3-10(2)9-11-7-5-4-6-8-11/h3-8H,1-2,9H2. The third kappa shape index (κ3) is 2.42.